The van der Waals surface area contributed by atoms with Crippen LogP contribution >= 0.6 is 0 Å². The zero-order valence-electron chi connectivity index (χ0n) is 18.6. The summed E-state index contributed by atoms with van der Waals surface area (Å²) in [6, 6.07) is 11.2. The third-order valence-corrected chi connectivity index (χ3v) is 6.22. The van der Waals surface area contributed by atoms with Crippen molar-refractivity contribution in [3.05, 3.63) is 52.8 Å². The zero-order valence-corrected chi connectivity index (χ0v) is 18.6. The van der Waals surface area contributed by atoms with Gasteiger partial charge in [-0.25, -0.2) is 0 Å². The first-order chi connectivity index (χ1) is 14.0. The van der Waals surface area contributed by atoms with Crippen molar-refractivity contribution in [3.8, 4) is 0 Å². The Kier molecular flexibility index (Phi) is 7.31. The summed E-state index contributed by atoms with van der Waals surface area (Å²) in [5.41, 5.74) is 4.86. The van der Waals surface area contributed by atoms with Gasteiger partial charge in [-0.15, -0.1) is 0 Å². The van der Waals surface area contributed by atoms with Crippen LogP contribution in [0.5, 0.6) is 0 Å². The summed E-state index contributed by atoms with van der Waals surface area (Å²) >= 11 is 0. The standard InChI is InChI=1S/C23H36N6/c1-17-11-13-29(14-12-17)22(20-9-7-6-8-10-20)16-26-23(24-4)25-15-21-18(2)27-28(5)19(21)3/h6-10,17,22H,11-16H2,1-5H3,(H2,24,25,26). The van der Waals surface area contributed by atoms with E-state index in [0.717, 1.165) is 43.8 Å². The zero-order chi connectivity index (χ0) is 20.8. The highest BCUT2D eigenvalue weighted by molar-refractivity contribution is 5.79. The predicted molar refractivity (Wildman–Crippen MR) is 120 cm³/mol. The summed E-state index contributed by atoms with van der Waals surface area (Å²) in [7, 11) is 3.82. The van der Waals surface area contributed by atoms with Gasteiger partial charge in [0, 0.05) is 38.4 Å². The van der Waals surface area contributed by atoms with Crippen molar-refractivity contribution in [2.45, 2.75) is 46.2 Å². The fourth-order valence-electron chi connectivity index (χ4n) is 4.13. The summed E-state index contributed by atoms with van der Waals surface area (Å²) in [4.78, 5) is 7.06. The Labute approximate surface area is 175 Å². The van der Waals surface area contributed by atoms with Crippen LogP contribution in [0.25, 0.3) is 0 Å². The summed E-state index contributed by atoms with van der Waals surface area (Å²) in [6.07, 6.45) is 2.55. The molecule has 6 heteroatoms. The van der Waals surface area contributed by atoms with E-state index in [1.807, 2.05) is 18.8 Å². The normalized spacial score (nSPS) is 17.3. The summed E-state index contributed by atoms with van der Waals surface area (Å²) < 4.78 is 1.94. The number of rotatable bonds is 6. The van der Waals surface area contributed by atoms with E-state index in [-0.39, 0.29) is 0 Å². The average Bonchev–Trinajstić information content (AvgIpc) is 2.98. The number of guanidine groups is 1. The lowest BCUT2D eigenvalue weighted by Crippen LogP contribution is -2.45. The molecule has 0 radical (unpaired) electrons. The van der Waals surface area contributed by atoms with Crippen LogP contribution in [0.15, 0.2) is 35.3 Å². The van der Waals surface area contributed by atoms with Crippen LogP contribution in [0.4, 0.5) is 0 Å². The van der Waals surface area contributed by atoms with Crippen molar-refractivity contribution in [2.75, 3.05) is 26.7 Å². The van der Waals surface area contributed by atoms with Gasteiger partial charge >= 0.3 is 0 Å². The van der Waals surface area contributed by atoms with Gasteiger partial charge < -0.3 is 10.6 Å². The topological polar surface area (TPSA) is 57.5 Å². The second kappa shape index (κ2) is 9.92. The smallest absolute Gasteiger partial charge is 0.191 e. The maximum absolute atomic E-state index is 4.51. The van der Waals surface area contributed by atoms with Crippen LogP contribution < -0.4 is 10.6 Å². The van der Waals surface area contributed by atoms with Gasteiger partial charge in [0.1, 0.15) is 0 Å². The molecule has 158 valence electrons. The molecule has 1 aromatic carbocycles. The Hall–Kier alpha value is -2.34. The molecule has 1 aliphatic rings. The summed E-state index contributed by atoms with van der Waals surface area (Å²) in [6.45, 7) is 10.4. The van der Waals surface area contributed by atoms with E-state index in [2.05, 4.69) is 76.7 Å². The molecule has 1 saturated heterocycles. The van der Waals surface area contributed by atoms with Gasteiger partial charge in [-0.1, -0.05) is 37.3 Å². The maximum atomic E-state index is 4.51. The number of aromatic nitrogens is 2. The number of likely N-dealkylation sites (tertiary alicyclic amines) is 1. The highest BCUT2D eigenvalue weighted by Crippen LogP contribution is 2.26. The molecule has 1 atom stereocenters. The van der Waals surface area contributed by atoms with E-state index >= 15 is 0 Å². The minimum Gasteiger partial charge on any atom is -0.354 e. The third kappa shape index (κ3) is 5.38. The molecule has 29 heavy (non-hydrogen) atoms. The molecule has 0 aliphatic carbocycles. The molecule has 2 heterocycles. The lowest BCUT2D eigenvalue weighted by molar-refractivity contribution is 0.138. The Bertz CT molecular complexity index is 802. The molecule has 1 fully saturated rings. The van der Waals surface area contributed by atoms with Crippen LogP contribution in [-0.2, 0) is 13.6 Å². The Balaban J connectivity index is 1.64. The number of piperidine rings is 1. The number of aliphatic imine (C=N–C) groups is 1. The number of hydrogen-bond acceptors (Lipinski definition) is 3. The number of hydrogen-bond donors (Lipinski definition) is 2. The number of nitrogens with zero attached hydrogens (tertiary/aromatic N) is 4. The van der Waals surface area contributed by atoms with Crippen LogP contribution in [0.3, 0.4) is 0 Å². The van der Waals surface area contributed by atoms with Gasteiger partial charge in [-0.2, -0.15) is 5.10 Å². The van der Waals surface area contributed by atoms with Gasteiger partial charge in [-0.3, -0.25) is 14.6 Å². The largest absolute Gasteiger partial charge is 0.354 e. The molecule has 3 rings (SSSR count). The van der Waals surface area contributed by atoms with E-state index in [4.69, 9.17) is 0 Å². The fourth-order valence-corrected chi connectivity index (χ4v) is 4.13. The number of nitrogens with one attached hydrogen (secondary N) is 2. The minimum atomic E-state index is 0.351. The van der Waals surface area contributed by atoms with Crippen molar-refractivity contribution in [1.29, 1.82) is 0 Å². The molecule has 1 unspecified atom stereocenters. The van der Waals surface area contributed by atoms with E-state index in [0.29, 0.717) is 6.04 Å². The molecule has 1 aromatic heterocycles. The highest BCUT2D eigenvalue weighted by atomic mass is 15.3. The summed E-state index contributed by atoms with van der Waals surface area (Å²) in [5, 5.41) is 11.5. The lowest BCUT2D eigenvalue weighted by atomic mass is 9.95. The first-order valence-corrected chi connectivity index (χ1v) is 10.7. The molecular weight excluding hydrogens is 360 g/mol. The van der Waals surface area contributed by atoms with Gasteiger partial charge in [0.15, 0.2) is 5.96 Å². The van der Waals surface area contributed by atoms with Crippen molar-refractivity contribution in [1.82, 2.24) is 25.3 Å². The molecule has 2 aromatic rings. The van der Waals surface area contributed by atoms with E-state index in [9.17, 15) is 0 Å². The van der Waals surface area contributed by atoms with E-state index < -0.39 is 0 Å². The monoisotopic (exact) mass is 396 g/mol. The van der Waals surface area contributed by atoms with Gasteiger partial charge in [0.05, 0.1) is 11.7 Å². The Morgan fingerprint density at radius 1 is 1.17 bits per heavy atom. The van der Waals surface area contributed by atoms with Gasteiger partial charge in [0.25, 0.3) is 0 Å². The van der Waals surface area contributed by atoms with Crippen LogP contribution in [0.1, 0.15) is 48.3 Å². The lowest BCUT2D eigenvalue weighted by Gasteiger charge is -2.37. The Morgan fingerprint density at radius 2 is 1.86 bits per heavy atom. The second-order valence-electron chi connectivity index (χ2n) is 8.22. The second-order valence-corrected chi connectivity index (χ2v) is 8.22. The number of benzene rings is 1. The van der Waals surface area contributed by atoms with Gasteiger partial charge in [-0.05, 0) is 51.3 Å². The predicted octanol–water partition coefficient (Wildman–Crippen LogP) is 3.18. The highest BCUT2D eigenvalue weighted by Gasteiger charge is 2.24. The molecular formula is C23H36N6. The molecule has 1 aliphatic heterocycles. The van der Waals surface area contributed by atoms with Crippen LogP contribution in [-0.4, -0.2) is 47.3 Å². The van der Waals surface area contributed by atoms with Crippen molar-refractivity contribution >= 4 is 5.96 Å². The molecule has 2 N–H and O–H groups in total. The number of aryl methyl sites for hydroxylation is 2. The SMILES string of the molecule is CN=C(NCc1c(C)nn(C)c1C)NCC(c1ccccc1)N1CCC(C)CC1. The van der Waals surface area contributed by atoms with Crippen LogP contribution in [0.2, 0.25) is 0 Å². The van der Waals surface area contributed by atoms with Crippen molar-refractivity contribution < 1.29 is 0 Å². The molecule has 0 spiro atoms. The molecule has 6 nitrogen and oxygen atoms in total. The maximum Gasteiger partial charge on any atom is 0.191 e. The fraction of sp³-hybridized carbons (Fsp3) is 0.565. The van der Waals surface area contributed by atoms with Crippen LogP contribution in [0, 0.1) is 19.8 Å². The third-order valence-electron chi connectivity index (χ3n) is 6.22. The van der Waals surface area contributed by atoms with Gasteiger partial charge in [0.2, 0.25) is 0 Å². The average molecular weight is 397 g/mol. The first-order valence-electron chi connectivity index (χ1n) is 10.7. The van der Waals surface area contributed by atoms with Crippen molar-refractivity contribution in [2.24, 2.45) is 18.0 Å². The van der Waals surface area contributed by atoms with E-state index in [1.54, 1.807) is 0 Å². The molecule has 0 amide bonds. The van der Waals surface area contributed by atoms with E-state index in [1.165, 1.54) is 29.7 Å². The quantitative estimate of drug-likeness (QED) is 0.582. The molecule has 0 bridgehead atoms. The van der Waals surface area contributed by atoms with Crippen molar-refractivity contribution in [3.63, 3.8) is 0 Å². The molecule has 0 saturated carbocycles. The Morgan fingerprint density at radius 3 is 2.45 bits per heavy atom. The first kappa shape index (κ1) is 21.4. The summed E-state index contributed by atoms with van der Waals surface area (Å²) in [5.74, 6) is 1.66. The minimum absolute atomic E-state index is 0.351.